The monoisotopic (exact) mass is 354 g/mol. The summed E-state index contributed by atoms with van der Waals surface area (Å²) in [6.07, 6.45) is 4.44. The summed E-state index contributed by atoms with van der Waals surface area (Å²) in [5, 5.41) is 8.17. The molecule has 0 saturated carbocycles. The zero-order valence-electron chi connectivity index (χ0n) is 12.9. The number of furan rings is 1. The summed E-state index contributed by atoms with van der Waals surface area (Å²) < 4.78 is 5.74. The highest BCUT2D eigenvalue weighted by atomic mass is 35.5. The van der Waals surface area contributed by atoms with E-state index in [4.69, 9.17) is 16.0 Å². The maximum atomic E-state index is 12.6. The van der Waals surface area contributed by atoms with Crippen LogP contribution < -0.4 is 10.6 Å². The molecule has 2 fully saturated rings. The van der Waals surface area contributed by atoms with Gasteiger partial charge in [-0.05, 0) is 38.7 Å². The highest BCUT2D eigenvalue weighted by Gasteiger charge is 2.34. The molecule has 1 amide bonds. The van der Waals surface area contributed by atoms with Crippen molar-refractivity contribution in [3.63, 3.8) is 0 Å². The third kappa shape index (κ3) is 2.95. The first-order valence-electron chi connectivity index (χ1n) is 7.86. The zero-order valence-corrected chi connectivity index (χ0v) is 14.5. The third-order valence-corrected chi connectivity index (χ3v) is 5.23. The lowest BCUT2D eigenvalue weighted by molar-refractivity contribution is 0.0897. The van der Waals surface area contributed by atoms with Crippen LogP contribution in [0, 0.1) is 6.92 Å². The molecule has 124 valence electrons. The predicted molar refractivity (Wildman–Crippen MR) is 93.6 cm³/mol. The normalized spacial score (nSPS) is 26.1. The number of hydrogen-bond acceptors (Lipinski definition) is 3. The summed E-state index contributed by atoms with van der Waals surface area (Å²) in [4.78, 5) is 12.6. The van der Waals surface area contributed by atoms with Crippen molar-refractivity contribution in [3.05, 3.63) is 34.5 Å². The van der Waals surface area contributed by atoms with E-state index < -0.39 is 0 Å². The Hall–Kier alpha value is -1.23. The third-order valence-electron chi connectivity index (χ3n) is 4.93. The van der Waals surface area contributed by atoms with E-state index in [1.807, 2.05) is 19.1 Å². The fourth-order valence-corrected chi connectivity index (χ4v) is 4.06. The maximum absolute atomic E-state index is 12.6. The highest BCUT2D eigenvalue weighted by Crippen LogP contribution is 2.31. The number of nitrogens with one attached hydrogen (secondary N) is 2. The van der Waals surface area contributed by atoms with Gasteiger partial charge in [-0.15, -0.1) is 12.4 Å². The lowest BCUT2D eigenvalue weighted by Gasteiger charge is -2.29. The smallest absolute Gasteiger partial charge is 0.287 e. The fourth-order valence-electron chi connectivity index (χ4n) is 3.85. The first-order chi connectivity index (χ1) is 10.6. The summed E-state index contributed by atoms with van der Waals surface area (Å²) >= 11 is 6.15. The van der Waals surface area contributed by atoms with Crippen molar-refractivity contribution in [1.82, 2.24) is 10.6 Å². The molecule has 6 heteroatoms. The second-order valence-corrected chi connectivity index (χ2v) is 6.86. The van der Waals surface area contributed by atoms with Crippen LogP contribution in [-0.2, 0) is 0 Å². The molecule has 2 bridgehead atoms. The van der Waals surface area contributed by atoms with Crippen LogP contribution in [0.5, 0.6) is 0 Å². The topological polar surface area (TPSA) is 54.3 Å². The Balaban J connectivity index is 0.00000156. The van der Waals surface area contributed by atoms with Crippen molar-refractivity contribution in [3.8, 4) is 0 Å². The van der Waals surface area contributed by atoms with Gasteiger partial charge in [0.1, 0.15) is 0 Å². The lowest BCUT2D eigenvalue weighted by atomic mass is 9.99. The molecule has 1 aromatic carbocycles. The lowest BCUT2D eigenvalue weighted by Crippen LogP contribution is -2.48. The molecular weight excluding hydrogens is 335 g/mol. The molecule has 0 radical (unpaired) electrons. The number of rotatable bonds is 2. The van der Waals surface area contributed by atoms with Gasteiger partial charge in [0.25, 0.3) is 5.91 Å². The van der Waals surface area contributed by atoms with Gasteiger partial charge < -0.3 is 15.1 Å². The molecule has 0 spiro atoms. The van der Waals surface area contributed by atoms with Gasteiger partial charge in [0.2, 0.25) is 0 Å². The largest absolute Gasteiger partial charge is 0.449 e. The van der Waals surface area contributed by atoms with E-state index in [1.54, 1.807) is 6.07 Å². The van der Waals surface area contributed by atoms with Gasteiger partial charge in [-0.2, -0.15) is 0 Å². The molecular formula is C17H20Cl2N2O2. The molecule has 2 saturated heterocycles. The molecule has 4 nitrogen and oxygen atoms in total. The summed E-state index contributed by atoms with van der Waals surface area (Å²) in [6.45, 7) is 1.91. The van der Waals surface area contributed by atoms with E-state index in [0.717, 1.165) is 23.8 Å². The SMILES string of the molecule is Cc1c(C(=O)NC2CC3CCC(C2)N3)oc2c(Cl)cccc12.Cl. The van der Waals surface area contributed by atoms with Gasteiger partial charge in [0, 0.05) is 29.1 Å². The summed E-state index contributed by atoms with van der Waals surface area (Å²) in [5.74, 6) is 0.255. The molecule has 2 aliphatic heterocycles. The number of benzene rings is 1. The molecule has 0 aliphatic carbocycles. The van der Waals surface area contributed by atoms with Gasteiger partial charge >= 0.3 is 0 Å². The van der Waals surface area contributed by atoms with E-state index >= 15 is 0 Å². The van der Waals surface area contributed by atoms with E-state index in [-0.39, 0.29) is 24.4 Å². The Labute approximate surface area is 146 Å². The van der Waals surface area contributed by atoms with Crippen molar-refractivity contribution < 1.29 is 9.21 Å². The fraction of sp³-hybridized carbons (Fsp3) is 0.471. The minimum Gasteiger partial charge on any atom is -0.449 e. The molecule has 1 aromatic heterocycles. The Kier molecular flexibility index (Phi) is 4.59. The zero-order chi connectivity index (χ0) is 15.3. The molecule has 2 N–H and O–H groups in total. The molecule has 2 atom stereocenters. The van der Waals surface area contributed by atoms with Crippen molar-refractivity contribution in [2.75, 3.05) is 0 Å². The maximum Gasteiger partial charge on any atom is 0.287 e. The van der Waals surface area contributed by atoms with Gasteiger partial charge in [-0.25, -0.2) is 0 Å². The van der Waals surface area contributed by atoms with E-state index in [0.29, 0.717) is 28.4 Å². The van der Waals surface area contributed by atoms with Crippen molar-refractivity contribution in [1.29, 1.82) is 0 Å². The molecule has 23 heavy (non-hydrogen) atoms. The van der Waals surface area contributed by atoms with Crippen molar-refractivity contribution in [2.45, 2.75) is 50.7 Å². The molecule has 4 rings (SSSR count). The van der Waals surface area contributed by atoms with Crippen LogP contribution in [-0.4, -0.2) is 24.0 Å². The average molecular weight is 355 g/mol. The quantitative estimate of drug-likeness (QED) is 0.861. The van der Waals surface area contributed by atoms with Crippen LogP contribution in [0.4, 0.5) is 0 Å². The number of aryl methyl sites for hydroxylation is 1. The van der Waals surface area contributed by atoms with Gasteiger partial charge in [-0.3, -0.25) is 4.79 Å². The highest BCUT2D eigenvalue weighted by molar-refractivity contribution is 6.35. The number of fused-ring (bicyclic) bond motifs is 3. The number of halogens is 2. The Morgan fingerprint density at radius 2 is 2.00 bits per heavy atom. The average Bonchev–Trinajstić information content (AvgIpc) is 3.01. The van der Waals surface area contributed by atoms with Crippen molar-refractivity contribution >= 4 is 40.9 Å². The first-order valence-corrected chi connectivity index (χ1v) is 8.24. The Morgan fingerprint density at radius 1 is 1.30 bits per heavy atom. The number of amides is 1. The Bertz CT molecular complexity index is 732. The number of hydrogen-bond donors (Lipinski definition) is 2. The van der Waals surface area contributed by atoms with Crippen LogP contribution in [0.2, 0.25) is 5.02 Å². The molecule has 2 aromatic rings. The van der Waals surface area contributed by atoms with E-state index in [9.17, 15) is 4.79 Å². The predicted octanol–water partition coefficient (Wildman–Crippen LogP) is 3.83. The van der Waals surface area contributed by atoms with E-state index in [2.05, 4.69) is 10.6 Å². The second kappa shape index (κ2) is 6.34. The number of carbonyl (C=O) groups excluding carboxylic acids is 1. The van der Waals surface area contributed by atoms with Crippen LogP contribution >= 0.6 is 24.0 Å². The minimum atomic E-state index is -0.129. The second-order valence-electron chi connectivity index (χ2n) is 6.45. The summed E-state index contributed by atoms with van der Waals surface area (Å²) in [6, 6.07) is 6.92. The Morgan fingerprint density at radius 3 is 2.65 bits per heavy atom. The molecule has 3 heterocycles. The number of para-hydroxylation sites is 1. The van der Waals surface area contributed by atoms with E-state index in [1.165, 1.54) is 12.8 Å². The molecule has 2 unspecified atom stereocenters. The van der Waals surface area contributed by atoms with Crippen LogP contribution in [0.3, 0.4) is 0 Å². The summed E-state index contributed by atoms with van der Waals surface area (Å²) in [7, 11) is 0. The van der Waals surface area contributed by atoms with Crippen molar-refractivity contribution in [2.24, 2.45) is 0 Å². The minimum absolute atomic E-state index is 0. The van der Waals surface area contributed by atoms with Gasteiger partial charge in [0.05, 0.1) is 5.02 Å². The number of carbonyl (C=O) groups is 1. The van der Waals surface area contributed by atoms with Gasteiger partial charge in [0.15, 0.2) is 11.3 Å². The number of piperidine rings is 1. The van der Waals surface area contributed by atoms with Crippen LogP contribution in [0.1, 0.15) is 41.8 Å². The van der Waals surface area contributed by atoms with Crippen LogP contribution in [0.25, 0.3) is 11.0 Å². The standard InChI is InChI=1S/C17H19ClN2O2.ClH/c1-9-13-3-2-4-14(18)16(13)22-15(9)17(21)20-12-7-10-5-6-11(8-12)19-10;/h2-4,10-12,19H,5-8H2,1H3,(H,20,21);1H. The first kappa shape index (κ1) is 16.6. The summed E-state index contributed by atoms with van der Waals surface area (Å²) in [5.41, 5.74) is 1.45. The van der Waals surface area contributed by atoms with Gasteiger partial charge in [-0.1, -0.05) is 23.7 Å². The van der Waals surface area contributed by atoms with Crippen LogP contribution in [0.15, 0.2) is 22.6 Å². The molecule has 2 aliphatic rings.